The molecule has 14 heavy (non-hydrogen) atoms. The van der Waals surface area contributed by atoms with Crippen LogP contribution in [0.2, 0.25) is 0 Å². The summed E-state index contributed by atoms with van der Waals surface area (Å²) in [6.45, 7) is 3.35. The molecule has 1 saturated carbocycles. The van der Waals surface area contributed by atoms with Crippen molar-refractivity contribution >= 4 is 65.5 Å². The molecule has 0 aromatic carbocycles. The number of ketones is 1. The topological polar surface area (TPSA) is 26.3 Å². The van der Waals surface area contributed by atoms with E-state index >= 15 is 0 Å². The van der Waals surface area contributed by atoms with E-state index in [1.807, 2.05) is 0 Å². The van der Waals surface area contributed by atoms with Gasteiger partial charge in [0.25, 0.3) is 0 Å². The van der Waals surface area contributed by atoms with Crippen molar-refractivity contribution in [3.05, 3.63) is 0 Å². The maximum atomic E-state index is 11.9. The van der Waals surface area contributed by atoms with Crippen LogP contribution in [-0.4, -0.2) is 26.4 Å². The lowest BCUT2D eigenvalue weighted by atomic mass is 9.78. The molecule has 1 aliphatic rings. The van der Waals surface area contributed by atoms with E-state index < -0.39 is 5.60 Å². The molecule has 2 nitrogen and oxygen atoms in total. The Morgan fingerprint density at radius 2 is 2.00 bits per heavy atom. The van der Waals surface area contributed by atoms with Gasteiger partial charge in [0, 0.05) is 16.0 Å². The molecule has 0 heterocycles. The Morgan fingerprint density at radius 1 is 1.50 bits per heavy atom. The highest BCUT2D eigenvalue weighted by Gasteiger charge is 2.50. The Labute approximate surface area is 105 Å². The van der Waals surface area contributed by atoms with Crippen molar-refractivity contribution < 1.29 is 8.98 Å². The van der Waals surface area contributed by atoms with Crippen LogP contribution in [0, 0.1) is 5.92 Å². The summed E-state index contributed by atoms with van der Waals surface area (Å²) < 4.78 is 4.87. The van der Waals surface area contributed by atoms with E-state index in [1.54, 1.807) is 13.8 Å². The van der Waals surface area contributed by atoms with Gasteiger partial charge >= 0.3 is 0 Å². The average Bonchev–Trinajstić information content (AvgIpc) is 2.21. The molecule has 3 atom stereocenters. The summed E-state index contributed by atoms with van der Waals surface area (Å²) in [5.74, 6) is -0.416. The molecule has 0 aromatic rings. The molecule has 6 heteroatoms. The Bertz CT molecular complexity index is 314. The van der Waals surface area contributed by atoms with Crippen LogP contribution in [0.15, 0.2) is 0 Å². The molecular weight excluding hydrogens is 256 g/mol. The van der Waals surface area contributed by atoms with Gasteiger partial charge < -0.3 is 0 Å². The van der Waals surface area contributed by atoms with Gasteiger partial charge in [0.2, 0.25) is 0 Å². The third kappa shape index (κ3) is 1.67. The number of thiol groups is 2. The van der Waals surface area contributed by atoms with E-state index in [0.717, 1.165) is 0 Å². The number of carbonyl (C=O) groups excluding carboxylic acids is 1. The fourth-order valence-corrected chi connectivity index (χ4v) is 2.64. The van der Waals surface area contributed by atoms with Crippen LogP contribution in [0.3, 0.4) is 0 Å². The third-order valence-corrected chi connectivity index (χ3v) is 4.91. The molecule has 0 radical (unpaired) electrons. The minimum atomic E-state index is -1.17. The monoisotopic (exact) mass is 266 g/mol. The maximum Gasteiger partial charge on any atom is 0.175 e. The highest BCUT2D eigenvalue weighted by Crippen LogP contribution is 2.32. The minimum absolute atomic E-state index is 0.119. The maximum absolute atomic E-state index is 11.9. The standard InChI is InChI=1S/C8H10O2S4/c1-3-4(11)5(12)7(13)8(2,10-14)6(3)9/h3-4,11,14H,1-2H3. The van der Waals surface area contributed by atoms with Crippen molar-refractivity contribution in [1.29, 1.82) is 0 Å². The first-order valence-electron chi connectivity index (χ1n) is 4.00. The highest BCUT2D eigenvalue weighted by atomic mass is 32.1. The van der Waals surface area contributed by atoms with Crippen LogP contribution in [0.25, 0.3) is 0 Å². The number of hydrogen-bond acceptors (Lipinski definition) is 6. The summed E-state index contributed by atoms with van der Waals surface area (Å²) in [6, 6.07) is 0. The molecule has 0 aliphatic heterocycles. The van der Waals surface area contributed by atoms with Crippen LogP contribution >= 0.6 is 50.0 Å². The summed E-state index contributed by atoms with van der Waals surface area (Å²) in [5.41, 5.74) is -1.17. The molecule has 0 aromatic heterocycles. The van der Waals surface area contributed by atoms with Gasteiger partial charge in [0.15, 0.2) is 11.4 Å². The smallest absolute Gasteiger partial charge is 0.175 e. The molecule has 0 amide bonds. The van der Waals surface area contributed by atoms with E-state index in [0.29, 0.717) is 9.73 Å². The van der Waals surface area contributed by atoms with Crippen LogP contribution in [0.1, 0.15) is 13.8 Å². The molecule has 0 saturated heterocycles. The normalized spacial score (nSPS) is 39.0. The minimum Gasteiger partial charge on any atom is -0.299 e. The fraction of sp³-hybridized carbons (Fsp3) is 0.625. The Kier molecular flexibility index (Phi) is 3.75. The highest BCUT2D eigenvalue weighted by molar-refractivity contribution is 7.92. The van der Waals surface area contributed by atoms with Crippen molar-refractivity contribution in [2.45, 2.75) is 24.7 Å². The van der Waals surface area contributed by atoms with Crippen molar-refractivity contribution in [3.63, 3.8) is 0 Å². The second-order valence-electron chi connectivity index (χ2n) is 3.42. The average molecular weight is 266 g/mol. The fourth-order valence-electron chi connectivity index (χ4n) is 1.37. The van der Waals surface area contributed by atoms with Crippen LogP contribution in [-0.2, 0) is 8.98 Å². The number of rotatable bonds is 1. The van der Waals surface area contributed by atoms with Crippen LogP contribution in [0.5, 0.6) is 0 Å². The lowest BCUT2D eigenvalue weighted by Crippen LogP contribution is -2.58. The van der Waals surface area contributed by atoms with E-state index in [2.05, 4.69) is 25.5 Å². The molecule has 78 valence electrons. The SMILES string of the molecule is CC1C(=O)C(C)(OS)C(=S)C(=S)C1S. The van der Waals surface area contributed by atoms with Crippen molar-refractivity contribution in [2.24, 2.45) is 5.92 Å². The molecule has 1 aliphatic carbocycles. The van der Waals surface area contributed by atoms with Crippen LogP contribution in [0.4, 0.5) is 0 Å². The number of carbonyl (C=O) groups is 1. The molecule has 0 spiro atoms. The Morgan fingerprint density at radius 3 is 2.43 bits per heavy atom. The zero-order chi connectivity index (χ0) is 11.1. The second-order valence-corrected chi connectivity index (χ2v) is 5.00. The van der Waals surface area contributed by atoms with Gasteiger partial charge in [0.05, 0.1) is 4.86 Å². The van der Waals surface area contributed by atoms with Crippen molar-refractivity contribution in [2.75, 3.05) is 0 Å². The number of Topliss-reactive ketones (excluding diaryl/α,β-unsaturated/α-hetero) is 1. The summed E-state index contributed by atoms with van der Waals surface area (Å²) in [7, 11) is 0. The summed E-state index contributed by atoms with van der Waals surface area (Å²) in [6.07, 6.45) is 0. The van der Waals surface area contributed by atoms with Gasteiger partial charge in [-0.05, 0) is 19.8 Å². The zero-order valence-corrected chi connectivity index (χ0v) is 11.1. The molecule has 0 bridgehead atoms. The van der Waals surface area contributed by atoms with Gasteiger partial charge in [-0.25, -0.2) is 0 Å². The van der Waals surface area contributed by atoms with E-state index in [-0.39, 0.29) is 17.0 Å². The second kappa shape index (κ2) is 4.17. The summed E-state index contributed by atoms with van der Waals surface area (Å²) in [4.78, 5) is 12.7. The van der Waals surface area contributed by atoms with Crippen LogP contribution < -0.4 is 0 Å². The first-order chi connectivity index (χ1) is 6.36. The molecular formula is C8H10O2S4. The van der Waals surface area contributed by atoms with Gasteiger partial charge in [-0.2, -0.15) is 12.6 Å². The third-order valence-electron chi connectivity index (χ3n) is 2.47. The molecule has 1 fully saturated rings. The molecule has 0 N–H and O–H groups in total. The van der Waals surface area contributed by atoms with Crippen molar-refractivity contribution in [3.8, 4) is 0 Å². The molecule has 1 rings (SSSR count). The first kappa shape index (κ1) is 12.6. The van der Waals surface area contributed by atoms with E-state index in [9.17, 15) is 4.79 Å². The quantitative estimate of drug-likeness (QED) is 0.430. The first-order valence-corrected chi connectivity index (χ1v) is 5.69. The lowest BCUT2D eigenvalue weighted by molar-refractivity contribution is -0.131. The Hall–Kier alpha value is 0.510. The predicted octanol–water partition coefficient (Wildman–Crippen LogP) is 1.86. The lowest BCUT2D eigenvalue weighted by Gasteiger charge is -2.37. The zero-order valence-electron chi connectivity index (χ0n) is 7.68. The molecule has 3 unspecified atom stereocenters. The Balaban J connectivity index is 3.18. The van der Waals surface area contributed by atoms with E-state index in [4.69, 9.17) is 28.6 Å². The predicted molar refractivity (Wildman–Crippen MR) is 70.6 cm³/mol. The largest absolute Gasteiger partial charge is 0.299 e. The van der Waals surface area contributed by atoms with Gasteiger partial charge in [0.1, 0.15) is 0 Å². The van der Waals surface area contributed by atoms with Crippen molar-refractivity contribution in [1.82, 2.24) is 0 Å². The summed E-state index contributed by atoms with van der Waals surface area (Å²) >= 11 is 18.1. The van der Waals surface area contributed by atoms with Gasteiger partial charge in [-0.3, -0.25) is 8.98 Å². The van der Waals surface area contributed by atoms with Gasteiger partial charge in [-0.1, -0.05) is 31.4 Å². The number of thiocarbonyl (C=S) groups is 2. The summed E-state index contributed by atoms with van der Waals surface area (Å²) in [5, 5.41) is -0.290. The number of hydrogen-bond donors (Lipinski definition) is 2. The van der Waals surface area contributed by atoms with Gasteiger partial charge in [-0.15, -0.1) is 0 Å². The van der Waals surface area contributed by atoms with E-state index in [1.165, 1.54) is 0 Å².